The maximum Gasteiger partial charge on any atom is 0.306 e. The van der Waals surface area contributed by atoms with Crippen LogP contribution >= 0.6 is 11.3 Å². The predicted molar refractivity (Wildman–Crippen MR) is 81.0 cm³/mol. The molecule has 0 bridgehead atoms. The standard InChI is InChI=1S/C16H24O3S/c1-9-7-10(11(8-9)15(18)19)14(17)12-5-6-13(20-12)16(2,3)4/h5-6,9-11,14,17H,7-8H2,1-4H3,(H,18,19). The third-order valence-corrected chi connectivity index (χ3v) is 5.81. The van der Waals surface area contributed by atoms with Crippen LogP contribution in [0.5, 0.6) is 0 Å². The molecule has 0 aliphatic heterocycles. The fourth-order valence-electron chi connectivity index (χ4n) is 3.09. The molecule has 4 atom stereocenters. The van der Waals surface area contributed by atoms with Crippen molar-refractivity contribution in [2.75, 3.05) is 0 Å². The fraction of sp³-hybridized carbons (Fsp3) is 0.688. The van der Waals surface area contributed by atoms with Gasteiger partial charge in [-0.3, -0.25) is 4.79 Å². The first kappa shape index (κ1) is 15.5. The first-order valence-corrected chi connectivity index (χ1v) is 8.03. The van der Waals surface area contributed by atoms with Gasteiger partial charge in [-0.2, -0.15) is 0 Å². The highest BCUT2D eigenvalue weighted by Gasteiger charge is 2.41. The maximum atomic E-state index is 11.4. The minimum Gasteiger partial charge on any atom is -0.481 e. The molecule has 20 heavy (non-hydrogen) atoms. The number of rotatable bonds is 3. The molecule has 1 aliphatic carbocycles. The first-order chi connectivity index (χ1) is 9.20. The summed E-state index contributed by atoms with van der Waals surface area (Å²) in [6.07, 6.45) is 0.817. The lowest BCUT2D eigenvalue weighted by molar-refractivity contribution is -0.144. The van der Waals surface area contributed by atoms with Gasteiger partial charge in [-0.05, 0) is 36.3 Å². The Morgan fingerprint density at radius 2 is 2.00 bits per heavy atom. The van der Waals surface area contributed by atoms with E-state index in [4.69, 9.17) is 0 Å². The summed E-state index contributed by atoms with van der Waals surface area (Å²) in [6, 6.07) is 4.01. The van der Waals surface area contributed by atoms with Crippen LogP contribution in [-0.4, -0.2) is 16.2 Å². The third-order valence-electron chi connectivity index (χ3n) is 4.23. The number of aliphatic carboxylic acids is 1. The van der Waals surface area contributed by atoms with Crippen LogP contribution in [0, 0.1) is 17.8 Å². The van der Waals surface area contributed by atoms with E-state index in [-0.39, 0.29) is 11.3 Å². The van der Waals surface area contributed by atoms with Crippen LogP contribution in [0.1, 0.15) is 56.4 Å². The number of carbonyl (C=O) groups is 1. The van der Waals surface area contributed by atoms with E-state index in [1.165, 1.54) is 4.88 Å². The minimum atomic E-state index is -0.772. The Labute approximate surface area is 124 Å². The highest BCUT2D eigenvalue weighted by Crippen LogP contribution is 2.45. The van der Waals surface area contributed by atoms with Crippen molar-refractivity contribution >= 4 is 17.3 Å². The highest BCUT2D eigenvalue weighted by molar-refractivity contribution is 7.12. The second kappa shape index (κ2) is 5.49. The summed E-state index contributed by atoms with van der Waals surface area (Å²) in [5.41, 5.74) is 0.0673. The van der Waals surface area contributed by atoms with E-state index in [1.807, 2.05) is 6.07 Å². The van der Waals surface area contributed by atoms with Crippen LogP contribution in [0.4, 0.5) is 0 Å². The van der Waals surface area contributed by atoms with Gasteiger partial charge in [0, 0.05) is 15.7 Å². The zero-order chi connectivity index (χ0) is 15.1. The molecule has 2 rings (SSSR count). The zero-order valence-electron chi connectivity index (χ0n) is 12.6. The van der Waals surface area contributed by atoms with Crippen molar-refractivity contribution < 1.29 is 15.0 Å². The molecule has 0 radical (unpaired) electrons. The number of carboxylic acids is 1. The molecule has 0 aromatic carbocycles. The monoisotopic (exact) mass is 296 g/mol. The van der Waals surface area contributed by atoms with E-state index < -0.39 is 18.0 Å². The molecular formula is C16H24O3S. The Hall–Kier alpha value is -0.870. The lowest BCUT2D eigenvalue weighted by Crippen LogP contribution is -2.23. The Morgan fingerprint density at radius 1 is 1.35 bits per heavy atom. The number of thiophene rings is 1. The molecule has 0 saturated heterocycles. The predicted octanol–water partition coefficient (Wildman–Crippen LogP) is 3.83. The molecule has 3 nitrogen and oxygen atoms in total. The summed E-state index contributed by atoms with van der Waals surface area (Å²) in [4.78, 5) is 13.5. The Bertz CT molecular complexity index is 486. The fourth-order valence-corrected chi connectivity index (χ4v) is 4.22. The summed E-state index contributed by atoms with van der Waals surface area (Å²) < 4.78 is 0. The molecule has 1 saturated carbocycles. The van der Waals surface area contributed by atoms with Crippen molar-refractivity contribution in [1.29, 1.82) is 0 Å². The Balaban J connectivity index is 2.20. The minimum absolute atomic E-state index is 0.0673. The van der Waals surface area contributed by atoms with E-state index in [0.717, 1.165) is 11.3 Å². The number of aliphatic hydroxyl groups excluding tert-OH is 1. The summed E-state index contributed by atoms with van der Waals surface area (Å²) in [5, 5.41) is 19.9. The molecule has 1 heterocycles. The van der Waals surface area contributed by atoms with Gasteiger partial charge in [0.1, 0.15) is 0 Å². The van der Waals surface area contributed by atoms with Crippen molar-refractivity contribution in [3.8, 4) is 0 Å². The number of hydrogen-bond acceptors (Lipinski definition) is 3. The zero-order valence-corrected chi connectivity index (χ0v) is 13.4. The lowest BCUT2D eigenvalue weighted by Gasteiger charge is -2.21. The van der Waals surface area contributed by atoms with Gasteiger partial charge < -0.3 is 10.2 Å². The SMILES string of the molecule is CC1CC(C(=O)O)C(C(O)c2ccc(C(C)(C)C)s2)C1. The van der Waals surface area contributed by atoms with Gasteiger partial charge in [-0.25, -0.2) is 0 Å². The smallest absolute Gasteiger partial charge is 0.306 e. The van der Waals surface area contributed by atoms with Crippen LogP contribution in [-0.2, 0) is 10.2 Å². The van der Waals surface area contributed by atoms with Crippen LogP contribution in [0.2, 0.25) is 0 Å². The van der Waals surface area contributed by atoms with Gasteiger partial charge >= 0.3 is 5.97 Å². The maximum absolute atomic E-state index is 11.4. The molecule has 4 unspecified atom stereocenters. The van der Waals surface area contributed by atoms with Crippen LogP contribution < -0.4 is 0 Å². The summed E-state index contributed by atoms with van der Waals surface area (Å²) in [5.74, 6) is -0.974. The molecule has 0 amide bonds. The molecule has 0 spiro atoms. The van der Waals surface area contributed by atoms with Crippen molar-refractivity contribution in [2.45, 2.75) is 52.1 Å². The molecule has 1 aliphatic rings. The number of hydrogen-bond donors (Lipinski definition) is 2. The number of carboxylic acid groups (broad SMARTS) is 1. The average Bonchev–Trinajstić information content (AvgIpc) is 2.93. The van der Waals surface area contributed by atoms with Crippen molar-refractivity contribution in [3.63, 3.8) is 0 Å². The van der Waals surface area contributed by atoms with E-state index >= 15 is 0 Å². The van der Waals surface area contributed by atoms with Crippen molar-refractivity contribution in [1.82, 2.24) is 0 Å². The second-order valence-corrected chi connectivity index (χ2v) is 8.20. The highest BCUT2D eigenvalue weighted by atomic mass is 32.1. The second-order valence-electron chi connectivity index (χ2n) is 7.08. The quantitative estimate of drug-likeness (QED) is 0.891. The van der Waals surface area contributed by atoms with E-state index in [2.05, 4.69) is 33.8 Å². The van der Waals surface area contributed by atoms with Crippen molar-refractivity contribution in [2.24, 2.45) is 17.8 Å². The third kappa shape index (κ3) is 3.07. The van der Waals surface area contributed by atoms with Gasteiger partial charge in [-0.1, -0.05) is 27.7 Å². The molecular weight excluding hydrogens is 272 g/mol. The molecule has 1 fully saturated rings. The molecule has 1 aromatic heterocycles. The van der Waals surface area contributed by atoms with Crippen LogP contribution in [0.25, 0.3) is 0 Å². The summed E-state index contributed by atoms with van der Waals surface area (Å²) in [6.45, 7) is 8.50. The van der Waals surface area contributed by atoms with Gasteiger partial charge in [0.2, 0.25) is 0 Å². The van der Waals surface area contributed by atoms with Gasteiger partial charge in [0.05, 0.1) is 12.0 Å². The largest absolute Gasteiger partial charge is 0.481 e. The Morgan fingerprint density at radius 3 is 2.50 bits per heavy atom. The molecule has 4 heteroatoms. The van der Waals surface area contributed by atoms with E-state index in [9.17, 15) is 15.0 Å². The topological polar surface area (TPSA) is 57.5 Å². The summed E-state index contributed by atoms with van der Waals surface area (Å²) >= 11 is 1.61. The molecule has 112 valence electrons. The van der Waals surface area contributed by atoms with E-state index in [0.29, 0.717) is 12.3 Å². The number of aliphatic hydroxyl groups is 1. The molecule has 1 aromatic rings. The van der Waals surface area contributed by atoms with Gasteiger partial charge in [0.25, 0.3) is 0 Å². The normalized spacial score (nSPS) is 28.6. The van der Waals surface area contributed by atoms with Crippen LogP contribution in [0.15, 0.2) is 12.1 Å². The Kier molecular flexibility index (Phi) is 4.26. The summed E-state index contributed by atoms with van der Waals surface area (Å²) in [7, 11) is 0. The van der Waals surface area contributed by atoms with Gasteiger partial charge in [-0.15, -0.1) is 11.3 Å². The molecule has 2 N–H and O–H groups in total. The van der Waals surface area contributed by atoms with Crippen molar-refractivity contribution in [3.05, 3.63) is 21.9 Å². The van der Waals surface area contributed by atoms with Crippen LogP contribution in [0.3, 0.4) is 0 Å². The first-order valence-electron chi connectivity index (χ1n) is 7.21. The van der Waals surface area contributed by atoms with Gasteiger partial charge in [0.15, 0.2) is 0 Å². The average molecular weight is 296 g/mol. The lowest BCUT2D eigenvalue weighted by atomic mass is 9.90. The van der Waals surface area contributed by atoms with E-state index in [1.54, 1.807) is 11.3 Å².